The molecule has 2 aliphatic heterocycles. The highest BCUT2D eigenvalue weighted by Crippen LogP contribution is 2.35. The Hall–Kier alpha value is -3.55. The molecule has 166 valence electrons. The molecule has 1 amide bonds. The number of aromatic nitrogens is 2. The fourth-order valence-electron chi connectivity index (χ4n) is 4.40. The minimum Gasteiger partial charge on any atom is -0.452 e. The fourth-order valence-corrected chi connectivity index (χ4v) is 4.40. The highest BCUT2D eigenvalue weighted by molar-refractivity contribution is 5.96. The number of carbonyl (C=O) groups is 1. The van der Waals surface area contributed by atoms with E-state index in [1.54, 1.807) is 13.8 Å². The second-order valence-electron chi connectivity index (χ2n) is 9.16. The Labute approximate surface area is 190 Å². The number of carbonyl (C=O) groups excluding carboxylic acids is 1. The van der Waals surface area contributed by atoms with E-state index >= 15 is 0 Å². The molecule has 2 aliphatic rings. The molecule has 0 aliphatic carbocycles. The Kier molecular flexibility index (Phi) is 4.40. The van der Waals surface area contributed by atoms with Crippen LogP contribution in [0, 0.1) is 0 Å². The van der Waals surface area contributed by atoms with E-state index in [2.05, 4.69) is 9.97 Å². The van der Waals surface area contributed by atoms with E-state index in [-0.39, 0.29) is 18.1 Å². The van der Waals surface area contributed by atoms with Gasteiger partial charge < -0.3 is 19.2 Å². The number of rotatable bonds is 4. The third kappa shape index (κ3) is 3.32. The molecule has 2 aromatic heterocycles. The molecular weight excluding hydrogens is 418 g/mol. The summed E-state index contributed by atoms with van der Waals surface area (Å²) in [4.78, 5) is 23.4. The molecule has 7 heteroatoms. The highest BCUT2D eigenvalue weighted by atomic mass is 16.5. The number of morpholine rings is 1. The van der Waals surface area contributed by atoms with Crippen LogP contribution in [0.1, 0.15) is 29.8 Å². The van der Waals surface area contributed by atoms with Crippen LogP contribution in [0.5, 0.6) is 0 Å². The Morgan fingerprint density at radius 2 is 1.91 bits per heavy atom. The van der Waals surface area contributed by atoms with Crippen molar-refractivity contribution < 1.29 is 19.1 Å². The fraction of sp³-hybridized carbons (Fsp3) is 0.269. The molecular formula is C26H23N3O4. The average molecular weight is 441 g/mol. The number of hydrogen-bond donors (Lipinski definition) is 1. The molecule has 1 N–H and O–H groups in total. The maximum atomic E-state index is 12.7. The molecule has 0 bridgehead atoms. The van der Waals surface area contributed by atoms with Crippen molar-refractivity contribution in [3.63, 3.8) is 0 Å². The number of ether oxygens (including phenoxy) is 1. The Morgan fingerprint density at radius 1 is 1.09 bits per heavy atom. The number of aliphatic hydroxyl groups is 1. The molecule has 0 radical (unpaired) electrons. The molecule has 2 saturated heterocycles. The Morgan fingerprint density at radius 3 is 2.58 bits per heavy atom. The standard InChI is InChI=1S/C26H23N3O4/c1-26(2,31)18-5-3-4-17(10-18)23-24-19(27-14-28-23)11-21(33-24)15-6-8-16(9-7-15)25(30)29-12-22-20(29)13-32-22/h3-11,14,20,22,31H,12-13H2,1-2H3. The van der Waals surface area contributed by atoms with Gasteiger partial charge in [0.15, 0.2) is 5.58 Å². The third-order valence-electron chi connectivity index (χ3n) is 6.52. The molecule has 4 aromatic rings. The van der Waals surface area contributed by atoms with E-state index < -0.39 is 5.60 Å². The van der Waals surface area contributed by atoms with Gasteiger partial charge in [-0.05, 0) is 37.6 Å². The largest absolute Gasteiger partial charge is 0.452 e. The van der Waals surface area contributed by atoms with Crippen molar-refractivity contribution in [2.75, 3.05) is 13.2 Å². The predicted molar refractivity (Wildman–Crippen MR) is 122 cm³/mol. The van der Waals surface area contributed by atoms with E-state index in [0.29, 0.717) is 41.3 Å². The molecule has 6 rings (SSSR count). The van der Waals surface area contributed by atoms with Crippen LogP contribution in [-0.4, -0.2) is 51.2 Å². The van der Waals surface area contributed by atoms with Crippen molar-refractivity contribution in [1.29, 1.82) is 0 Å². The van der Waals surface area contributed by atoms with E-state index in [4.69, 9.17) is 9.15 Å². The van der Waals surface area contributed by atoms with Crippen molar-refractivity contribution in [3.8, 4) is 22.6 Å². The summed E-state index contributed by atoms with van der Waals surface area (Å²) in [6.07, 6.45) is 1.74. The molecule has 2 aromatic carbocycles. The summed E-state index contributed by atoms with van der Waals surface area (Å²) in [5.41, 5.74) is 4.13. The van der Waals surface area contributed by atoms with Crippen molar-refractivity contribution in [2.24, 2.45) is 0 Å². The van der Waals surface area contributed by atoms with Crippen molar-refractivity contribution in [1.82, 2.24) is 14.9 Å². The Balaban J connectivity index is 1.32. The highest BCUT2D eigenvalue weighted by Gasteiger charge is 2.49. The zero-order chi connectivity index (χ0) is 22.7. The number of nitrogens with zero attached hydrogens (tertiary/aromatic N) is 3. The average Bonchev–Trinajstić information content (AvgIpc) is 3.24. The topological polar surface area (TPSA) is 88.7 Å². The number of furan rings is 1. The summed E-state index contributed by atoms with van der Waals surface area (Å²) in [6.45, 7) is 4.81. The minimum absolute atomic E-state index is 0.0375. The lowest BCUT2D eigenvalue weighted by atomic mass is 9.93. The van der Waals surface area contributed by atoms with Gasteiger partial charge in [-0.2, -0.15) is 0 Å². The SMILES string of the molecule is CC(C)(O)c1cccc(-c2ncnc3cc(-c4ccc(C(=O)N5CC6OCC65)cc4)oc23)c1. The lowest BCUT2D eigenvalue weighted by molar-refractivity contribution is -0.195. The molecule has 2 atom stereocenters. The maximum absolute atomic E-state index is 12.7. The zero-order valence-corrected chi connectivity index (χ0v) is 18.4. The summed E-state index contributed by atoms with van der Waals surface area (Å²) in [5.74, 6) is 0.691. The van der Waals surface area contributed by atoms with Gasteiger partial charge in [-0.15, -0.1) is 0 Å². The van der Waals surface area contributed by atoms with Crippen molar-refractivity contribution >= 4 is 17.0 Å². The summed E-state index contributed by atoms with van der Waals surface area (Å²) in [6, 6.07) is 17.2. The van der Waals surface area contributed by atoms with E-state index in [0.717, 1.165) is 16.7 Å². The van der Waals surface area contributed by atoms with Gasteiger partial charge in [0.1, 0.15) is 23.3 Å². The number of fused-ring (bicyclic) bond motifs is 2. The second kappa shape index (κ2) is 7.23. The maximum Gasteiger partial charge on any atom is 0.254 e. The molecule has 4 heterocycles. The lowest BCUT2D eigenvalue weighted by Crippen LogP contribution is -2.71. The second-order valence-corrected chi connectivity index (χ2v) is 9.16. The summed E-state index contributed by atoms with van der Waals surface area (Å²) in [7, 11) is 0. The van der Waals surface area contributed by atoms with E-state index in [1.807, 2.05) is 59.5 Å². The van der Waals surface area contributed by atoms with Crippen LogP contribution < -0.4 is 0 Å². The normalized spacial score (nSPS) is 19.7. The molecule has 0 spiro atoms. The van der Waals surface area contributed by atoms with Crippen molar-refractivity contribution in [2.45, 2.75) is 31.6 Å². The smallest absolute Gasteiger partial charge is 0.254 e. The van der Waals surface area contributed by atoms with Crippen LogP contribution in [0.25, 0.3) is 33.7 Å². The van der Waals surface area contributed by atoms with Crippen LogP contribution in [0.3, 0.4) is 0 Å². The number of likely N-dealkylation sites (tertiary alicyclic amines) is 1. The Bertz CT molecular complexity index is 1370. The molecule has 7 nitrogen and oxygen atoms in total. The number of benzene rings is 2. The summed E-state index contributed by atoms with van der Waals surface area (Å²) < 4.78 is 11.6. The third-order valence-corrected chi connectivity index (χ3v) is 6.52. The molecule has 0 saturated carbocycles. The number of amides is 1. The van der Waals surface area contributed by atoms with E-state index in [9.17, 15) is 9.90 Å². The van der Waals surface area contributed by atoms with Gasteiger partial charge >= 0.3 is 0 Å². The van der Waals surface area contributed by atoms with Crippen LogP contribution in [-0.2, 0) is 10.3 Å². The molecule has 2 unspecified atom stereocenters. The summed E-state index contributed by atoms with van der Waals surface area (Å²) in [5, 5.41) is 10.4. The monoisotopic (exact) mass is 441 g/mol. The lowest BCUT2D eigenvalue weighted by Gasteiger charge is -2.54. The number of hydrogen-bond acceptors (Lipinski definition) is 6. The quantitative estimate of drug-likeness (QED) is 0.515. The first-order valence-corrected chi connectivity index (χ1v) is 11.0. The van der Waals surface area contributed by atoms with Gasteiger partial charge in [0, 0.05) is 29.3 Å². The first kappa shape index (κ1) is 20.1. The van der Waals surface area contributed by atoms with Gasteiger partial charge in [0.2, 0.25) is 0 Å². The minimum atomic E-state index is -0.960. The predicted octanol–water partition coefficient (Wildman–Crippen LogP) is 4.01. The molecule has 2 fully saturated rings. The van der Waals surface area contributed by atoms with Crippen molar-refractivity contribution in [3.05, 3.63) is 72.1 Å². The van der Waals surface area contributed by atoms with Crippen LogP contribution in [0.15, 0.2) is 65.3 Å². The first-order chi connectivity index (χ1) is 15.9. The van der Waals surface area contributed by atoms with Gasteiger partial charge in [-0.25, -0.2) is 9.97 Å². The zero-order valence-electron chi connectivity index (χ0n) is 18.4. The van der Waals surface area contributed by atoms with Crippen LogP contribution in [0.4, 0.5) is 0 Å². The van der Waals surface area contributed by atoms with Gasteiger partial charge in [-0.3, -0.25) is 4.79 Å². The first-order valence-electron chi connectivity index (χ1n) is 11.0. The van der Waals surface area contributed by atoms with Crippen LogP contribution in [0.2, 0.25) is 0 Å². The van der Waals surface area contributed by atoms with Gasteiger partial charge in [-0.1, -0.05) is 30.3 Å². The van der Waals surface area contributed by atoms with Crippen LogP contribution >= 0.6 is 0 Å². The van der Waals surface area contributed by atoms with Gasteiger partial charge in [0.25, 0.3) is 5.91 Å². The van der Waals surface area contributed by atoms with E-state index in [1.165, 1.54) is 6.33 Å². The molecule has 33 heavy (non-hydrogen) atoms. The van der Waals surface area contributed by atoms with Gasteiger partial charge in [0.05, 0.1) is 24.4 Å². The summed E-state index contributed by atoms with van der Waals surface area (Å²) >= 11 is 0.